The van der Waals surface area contributed by atoms with Crippen molar-refractivity contribution in [1.29, 1.82) is 5.26 Å². The fourth-order valence-corrected chi connectivity index (χ4v) is 5.49. The second-order valence-corrected chi connectivity index (χ2v) is 9.05. The molecule has 0 saturated heterocycles. The predicted octanol–water partition coefficient (Wildman–Crippen LogP) is 7.97. The lowest BCUT2D eigenvalue weighted by atomic mass is 10.0. The van der Waals surface area contributed by atoms with Gasteiger partial charge in [-0.1, -0.05) is 54.6 Å². The van der Waals surface area contributed by atoms with Gasteiger partial charge in [-0.3, -0.25) is 0 Å². The standard InChI is InChI=1S/C32H21N3/c1-34-29-11-4-2-9-25(29)27-18-22(13-15-30(27)34)23-14-16-32-28(19-23)26-10-3-5-12-31(26)35(32)24-8-6-7-21(17-24)20-33/h2-19H,1H3. The summed E-state index contributed by atoms with van der Waals surface area (Å²) in [7, 11) is 2.13. The molecule has 7 rings (SSSR count). The minimum Gasteiger partial charge on any atom is -0.344 e. The van der Waals surface area contributed by atoms with Crippen molar-refractivity contribution in [2.24, 2.45) is 7.05 Å². The molecule has 0 N–H and O–H groups in total. The van der Waals surface area contributed by atoms with Crippen LogP contribution < -0.4 is 0 Å². The zero-order chi connectivity index (χ0) is 23.5. The zero-order valence-corrected chi connectivity index (χ0v) is 19.2. The Labute approximate surface area is 202 Å². The molecule has 0 spiro atoms. The Hall–Kier alpha value is -4.81. The number of fused-ring (bicyclic) bond motifs is 6. The van der Waals surface area contributed by atoms with Crippen LogP contribution in [0, 0.1) is 11.3 Å². The molecule has 0 bridgehead atoms. The van der Waals surface area contributed by atoms with E-state index in [1.807, 2.05) is 18.2 Å². The van der Waals surface area contributed by atoms with E-state index in [0.29, 0.717) is 5.56 Å². The number of nitrogens with zero attached hydrogens (tertiary/aromatic N) is 3. The highest BCUT2D eigenvalue weighted by molar-refractivity contribution is 6.12. The second kappa shape index (κ2) is 7.35. The van der Waals surface area contributed by atoms with Crippen LogP contribution in [-0.2, 0) is 7.05 Å². The van der Waals surface area contributed by atoms with Crippen molar-refractivity contribution < 1.29 is 0 Å². The van der Waals surface area contributed by atoms with Gasteiger partial charge in [-0.15, -0.1) is 0 Å². The molecule has 0 fully saturated rings. The number of hydrogen-bond donors (Lipinski definition) is 0. The van der Waals surface area contributed by atoms with E-state index in [2.05, 4.69) is 113 Å². The van der Waals surface area contributed by atoms with E-state index in [1.54, 1.807) is 0 Å². The Morgan fingerprint density at radius 2 is 1.11 bits per heavy atom. The van der Waals surface area contributed by atoms with Crippen LogP contribution in [0.25, 0.3) is 60.4 Å². The van der Waals surface area contributed by atoms with Crippen molar-refractivity contribution in [2.75, 3.05) is 0 Å². The highest BCUT2D eigenvalue weighted by Crippen LogP contribution is 2.37. The molecule has 0 amide bonds. The lowest BCUT2D eigenvalue weighted by Gasteiger charge is -2.09. The van der Waals surface area contributed by atoms with Crippen molar-refractivity contribution in [3.63, 3.8) is 0 Å². The maximum atomic E-state index is 9.43. The van der Waals surface area contributed by atoms with Gasteiger partial charge in [-0.2, -0.15) is 5.26 Å². The highest BCUT2D eigenvalue weighted by atomic mass is 15.0. The molecule has 2 aromatic heterocycles. The Morgan fingerprint density at radius 1 is 0.543 bits per heavy atom. The largest absolute Gasteiger partial charge is 0.344 e. The van der Waals surface area contributed by atoms with Crippen molar-refractivity contribution in [1.82, 2.24) is 9.13 Å². The Bertz CT molecular complexity index is 1980. The molecule has 0 aliphatic heterocycles. The van der Waals surface area contributed by atoms with Gasteiger partial charge < -0.3 is 9.13 Å². The summed E-state index contributed by atoms with van der Waals surface area (Å²) in [5, 5.41) is 14.4. The normalized spacial score (nSPS) is 11.5. The summed E-state index contributed by atoms with van der Waals surface area (Å²) in [5.41, 5.74) is 8.83. The van der Waals surface area contributed by atoms with Crippen LogP contribution in [0.5, 0.6) is 0 Å². The summed E-state index contributed by atoms with van der Waals surface area (Å²) in [6.45, 7) is 0. The lowest BCUT2D eigenvalue weighted by molar-refractivity contribution is 1.01. The Kier molecular flexibility index (Phi) is 4.12. The summed E-state index contributed by atoms with van der Waals surface area (Å²) in [6, 6.07) is 40.6. The van der Waals surface area contributed by atoms with Gasteiger partial charge in [-0.05, 0) is 65.7 Å². The van der Waals surface area contributed by atoms with E-state index in [-0.39, 0.29) is 0 Å². The molecule has 0 radical (unpaired) electrons. The van der Waals surface area contributed by atoms with Crippen molar-refractivity contribution in [3.8, 4) is 22.9 Å². The van der Waals surface area contributed by atoms with Crippen LogP contribution in [-0.4, -0.2) is 9.13 Å². The number of para-hydroxylation sites is 2. The molecule has 35 heavy (non-hydrogen) atoms. The van der Waals surface area contributed by atoms with E-state index in [0.717, 1.165) is 16.7 Å². The van der Waals surface area contributed by atoms with Gasteiger partial charge in [0.15, 0.2) is 0 Å². The number of nitriles is 1. The van der Waals surface area contributed by atoms with Crippen molar-refractivity contribution >= 4 is 43.6 Å². The number of rotatable bonds is 2. The first-order chi connectivity index (χ1) is 17.2. The molecule has 7 aromatic rings. The zero-order valence-electron chi connectivity index (χ0n) is 19.2. The molecule has 0 unspecified atom stereocenters. The van der Waals surface area contributed by atoms with Gasteiger partial charge in [0.2, 0.25) is 0 Å². The summed E-state index contributed by atoms with van der Waals surface area (Å²) < 4.78 is 4.52. The molecule has 0 atom stereocenters. The van der Waals surface area contributed by atoms with Gasteiger partial charge in [-0.25, -0.2) is 0 Å². The topological polar surface area (TPSA) is 33.6 Å². The lowest BCUT2D eigenvalue weighted by Crippen LogP contribution is -1.94. The summed E-state index contributed by atoms with van der Waals surface area (Å²) in [4.78, 5) is 0. The highest BCUT2D eigenvalue weighted by Gasteiger charge is 2.14. The fourth-order valence-electron chi connectivity index (χ4n) is 5.49. The summed E-state index contributed by atoms with van der Waals surface area (Å²) in [6.07, 6.45) is 0. The molecular formula is C32H21N3. The molecule has 164 valence electrons. The van der Waals surface area contributed by atoms with Gasteiger partial charge in [0.1, 0.15) is 0 Å². The minimum atomic E-state index is 0.661. The molecule has 0 aliphatic rings. The first kappa shape index (κ1) is 19.6. The predicted molar refractivity (Wildman–Crippen MR) is 145 cm³/mol. The smallest absolute Gasteiger partial charge is 0.0992 e. The van der Waals surface area contributed by atoms with E-state index in [9.17, 15) is 5.26 Å². The molecule has 2 heterocycles. The monoisotopic (exact) mass is 447 g/mol. The van der Waals surface area contributed by atoms with E-state index in [4.69, 9.17) is 0 Å². The minimum absolute atomic E-state index is 0.661. The van der Waals surface area contributed by atoms with E-state index < -0.39 is 0 Å². The number of aryl methyl sites for hydroxylation is 1. The number of benzene rings is 5. The fraction of sp³-hybridized carbons (Fsp3) is 0.0312. The molecule has 0 aliphatic carbocycles. The number of hydrogen-bond acceptors (Lipinski definition) is 1. The first-order valence-electron chi connectivity index (χ1n) is 11.7. The summed E-state index contributed by atoms with van der Waals surface area (Å²) >= 11 is 0. The molecule has 3 nitrogen and oxygen atoms in total. The van der Waals surface area contributed by atoms with Crippen LogP contribution in [0.4, 0.5) is 0 Å². The second-order valence-electron chi connectivity index (χ2n) is 9.05. The molecule has 5 aromatic carbocycles. The van der Waals surface area contributed by atoms with Crippen LogP contribution >= 0.6 is 0 Å². The van der Waals surface area contributed by atoms with Crippen LogP contribution in [0.1, 0.15) is 5.56 Å². The average molecular weight is 448 g/mol. The van der Waals surface area contributed by atoms with Gasteiger partial charge >= 0.3 is 0 Å². The number of aromatic nitrogens is 2. The summed E-state index contributed by atoms with van der Waals surface area (Å²) in [5.74, 6) is 0. The third-order valence-corrected chi connectivity index (χ3v) is 7.15. The van der Waals surface area contributed by atoms with Crippen molar-refractivity contribution in [2.45, 2.75) is 0 Å². The molecular weight excluding hydrogens is 426 g/mol. The van der Waals surface area contributed by atoms with Crippen LogP contribution in [0.3, 0.4) is 0 Å². The SMILES string of the molecule is Cn1c2ccccc2c2cc(-c3ccc4c(c3)c3ccccc3n4-c3cccc(C#N)c3)ccc21. The molecule has 0 saturated carbocycles. The van der Waals surface area contributed by atoms with E-state index >= 15 is 0 Å². The third kappa shape index (κ3) is 2.84. The quantitative estimate of drug-likeness (QED) is 0.265. The van der Waals surface area contributed by atoms with Gasteiger partial charge in [0.25, 0.3) is 0 Å². The van der Waals surface area contributed by atoms with Gasteiger partial charge in [0, 0.05) is 45.3 Å². The maximum Gasteiger partial charge on any atom is 0.0992 e. The van der Waals surface area contributed by atoms with Crippen molar-refractivity contribution in [3.05, 3.63) is 115 Å². The van der Waals surface area contributed by atoms with E-state index in [1.165, 1.54) is 43.7 Å². The first-order valence-corrected chi connectivity index (χ1v) is 11.7. The maximum absolute atomic E-state index is 9.43. The third-order valence-electron chi connectivity index (χ3n) is 7.15. The Balaban J connectivity index is 1.48. The van der Waals surface area contributed by atoms with Gasteiger partial charge in [0.05, 0.1) is 22.7 Å². The Morgan fingerprint density at radius 3 is 1.86 bits per heavy atom. The molecule has 3 heteroatoms. The average Bonchev–Trinajstić information content (AvgIpc) is 3.40. The van der Waals surface area contributed by atoms with Crippen LogP contribution in [0.15, 0.2) is 109 Å². The van der Waals surface area contributed by atoms with Crippen LogP contribution in [0.2, 0.25) is 0 Å².